The van der Waals surface area contributed by atoms with Crippen molar-refractivity contribution in [2.75, 3.05) is 17.7 Å². The predicted octanol–water partition coefficient (Wildman–Crippen LogP) is 3.30. The molecule has 2 aromatic carbocycles. The van der Waals surface area contributed by atoms with Crippen LogP contribution in [0.5, 0.6) is 5.75 Å². The van der Waals surface area contributed by atoms with Gasteiger partial charge in [-0.3, -0.25) is 4.79 Å². The number of esters is 1. The summed E-state index contributed by atoms with van der Waals surface area (Å²) in [7, 11) is 1.83. The minimum absolute atomic E-state index is 0.148. The molecule has 0 fully saturated rings. The highest BCUT2D eigenvalue weighted by atomic mass is 32.2. The molecule has 3 aromatic rings. The van der Waals surface area contributed by atoms with Gasteiger partial charge in [0.05, 0.1) is 17.9 Å². The smallest absolute Gasteiger partial charge is 0.338 e. The third-order valence-corrected chi connectivity index (χ3v) is 5.05. The summed E-state index contributed by atoms with van der Waals surface area (Å²) in [5, 5.41) is 11.6. The molecule has 0 atom stereocenters. The Morgan fingerprint density at radius 1 is 1.10 bits per heavy atom. The zero-order valence-electron chi connectivity index (χ0n) is 16.7. The van der Waals surface area contributed by atoms with E-state index in [1.54, 1.807) is 35.8 Å². The summed E-state index contributed by atoms with van der Waals surface area (Å²) < 4.78 is 12.5. The lowest BCUT2D eigenvalue weighted by molar-refractivity contribution is -0.113. The number of nitrogens with zero attached hydrogens (tertiary/aromatic N) is 3. The van der Waals surface area contributed by atoms with Crippen molar-refractivity contribution in [2.45, 2.75) is 18.7 Å². The second-order valence-electron chi connectivity index (χ2n) is 6.20. The molecular formula is C21H22N4O4S. The number of ether oxygens (including phenoxy) is 2. The van der Waals surface area contributed by atoms with Crippen LogP contribution in [0.2, 0.25) is 0 Å². The highest BCUT2D eigenvalue weighted by Gasteiger charge is 2.13. The Balaban J connectivity index is 1.52. The summed E-state index contributed by atoms with van der Waals surface area (Å²) >= 11 is 1.27. The molecule has 0 radical (unpaired) electrons. The van der Waals surface area contributed by atoms with E-state index in [9.17, 15) is 9.59 Å². The number of carbonyl (C=O) groups excluding carboxylic acids is 2. The van der Waals surface area contributed by atoms with E-state index in [4.69, 9.17) is 9.47 Å². The number of carbonyl (C=O) groups is 2. The molecule has 30 heavy (non-hydrogen) atoms. The van der Waals surface area contributed by atoms with Crippen LogP contribution >= 0.6 is 11.8 Å². The number of thioether (sulfide) groups is 1. The first-order valence-corrected chi connectivity index (χ1v) is 10.3. The topological polar surface area (TPSA) is 95.3 Å². The van der Waals surface area contributed by atoms with Crippen molar-refractivity contribution in [3.05, 3.63) is 66.0 Å². The molecule has 1 amide bonds. The van der Waals surface area contributed by atoms with Crippen LogP contribution < -0.4 is 10.1 Å². The SMILES string of the molecule is CCOC(=O)c1cccc(NC(=O)CSc2nnc(COc3ccccc3)n2C)c1. The number of hydrogen-bond acceptors (Lipinski definition) is 7. The molecule has 9 heteroatoms. The van der Waals surface area contributed by atoms with E-state index in [2.05, 4.69) is 15.5 Å². The largest absolute Gasteiger partial charge is 0.486 e. The van der Waals surface area contributed by atoms with Gasteiger partial charge in [-0.25, -0.2) is 4.79 Å². The van der Waals surface area contributed by atoms with E-state index in [-0.39, 0.29) is 18.3 Å². The van der Waals surface area contributed by atoms with Crippen molar-refractivity contribution in [3.63, 3.8) is 0 Å². The summed E-state index contributed by atoms with van der Waals surface area (Å²) in [4.78, 5) is 24.1. The molecule has 1 N–H and O–H groups in total. The van der Waals surface area contributed by atoms with Crippen LogP contribution in [0.15, 0.2) is 59.8 Å². The molecule has 3 rings (SSSR count). The Morgan fingerprint density at radius 3 is 2.67 bits per heavy atom. The Kier molecular flexibility index (Phi) is 7.45. The van der Waals surface area contributed by atoms with Gasteiger partial charge in [0.25, 0.3) is 0 Å². The summed E-state index contributed by atoms with van der Waals surface area (Å²) in [6.07, 6.45) is 0. The molecule has 0 bridgehead atoms. The highest BCUT2D eigenvalue weighted by molar-refractivity contribution is 7.99. The maximum atomic E-state index is 12.3. The summed E-state index contributed by atoms with van der Waals surface area (Å²) in [6, 6.07) is 16.1. The molecule has 0 saturated heterocycles. The van der Waals surface area contributed by atoms with Crippen LogP contribution in [-0.4, -0.2) is 39.0 Å². The number of anilines is 1. The highest BCUT2D eigenvalue weighted by Crippen LogP contribution is 2.18. The van der Waals surface area contributed by atoms with Crippen molar-refractivity contribution < 1.29 is 19.1 Å². The molecular weight excluding hydrogens is 404 g/mol. The fourth-order valence-electron chi connectivity index (χ4n) is 2.53. The van der Waals surface area contributed by atoms with Gasteiger partial charge in [0.2, 0.25) is 5.91 Å². The first-order chi connectivity index (χ1) is 14.6. The molecule has 0 saturated carbocycles. The van der Waals surface area contributed by atoms with Gasteiger partial charge < -0.3 is 19.4 Å². The molecule has 1 heterocycles. The Morgan fingerprint density at radius 2 is 1.90 bits per heavy atom. The fraction of sp³-hybridized carbons (Fsp3) is 0.238. The first-order valence-electron chi connectivity index (χ1n) is 9.32. The van der Waals surface area contributed by atoms with Gasteiger partial charge in [0.15, 0.2) is 11.0 Å². The zero-order valence-corrected chi connectivity index (χ0v) is 17.5. The minimum Gasteiger partial charge on any atom is -0.486 e. The Hall–Kier alpha value is -3.33. The van der Waals surface area contributed by atoms with Gasteiger partial charge in [0, 0.05) is 12.7 Å². The number of aromatic nitrogens is 3. The molecule has 0 aliphatic heterocycles. The number of nitrogens with one attached hydrogen (secondary N) is 1. The molecule has 0 aliphatic carbocycles. The quantitative estimate of drug-likeness (QED) is 0.414. The monoisotopic (exact) mass is 426 g/mol. The molecule has 0 aliphatic rings. The zero-order chi connectivity index (χ0) is 21.3. The van der Waals surface area contributed by atoms with E-state index in [1.165, 1.54) is 11.8 Å². The molecule has 8 nitrogen and oxygen atoms in total. The van der Waals surface area contributed by atoms with Crippen LogP contribution in [0, 0.1) is 0 Å². The van der Waals surface area contributed by atoms with Gasteiger partial charge >= 0.3 is 5.97 Å². The average molecular weight is 426 g/mol. The maximum absolute atomic E-state index is 12.3. The van der Waals surface area contributed by atoms with Crippen LogP contribution in [0.25, 0.3) is 0 Å². The van der Waals surface area contributed by atoms with Crippen LogP contribution in [0.3, 0.4) is 0 Å². The lowest BCUT2D eigenvalue weighted by Gasteiger charge is -2.08. The lowest BCUT2D eigenvalue weighted by atomic mass is 10.2. The second kappa shape index (κ2) is 10.4. The van der Waals surface area contributed by atoms with Gasteiger partial charge in [0.1, 0.15) is 12.4 Å². The van der Waals surface area contributed by atoms with Crippen molar-refractivity contribution in [3.8, 4) is 5.75 Å². The van der Waals surface area contributed by atoms with E-state index >= 15 is 0 Å². The standard InChI is InChI=1S/C21H22N4O4S/c1-3-28-20(27)15-8-7-9-16(12-15)22-19(26)14-30-21-24-23-18(25(21)2)13-29-17-10-5-4-6-11-17/h4-12H,3,13-14H2,1-2H3,(H,22,26). The number of amides is 1. The van der Waals surface area contributed by atoms with Crippen LogP contribution in [0.1, 0.15) is 23.1 Å². The Bertz CT molecular complexity index is 1010. The summed E-state index contributed by atoms with van der Waals surface area (Å²) in [5.41, 5.74) is 0.916. The molecule has 156 valence electrons. The van der Waals surface area contributed by atoms with Crippen molar-refractivity contribution in [2.24, 2.45) is 7.05 Å². The van der Waals surface area contributed by atoms with Gasteiger partial charge in [-0.15, -0.1) is 10.2 Å². The average Bonchev–Trinajstić information content (AvgIpc) is 3.11. The number of benzene rings is 2. The van der Waals surface area contributed by atoms with Crippen LogP contribution in [-0.2, 0) is 23.2 Å². The maximum Gasteiger partial charge on any atom is 0.338 e. The number of para-hydroxylation sites is 1. The van der Waals surface area contributed by atoms with Gasteiger partial charge in [-0.2, -0.15) is 0 Å². The Labute approximate surface area is 178 Å². The molecule has 0 spiro atoms. The summed E-state index contributed by atoms with van der Waals surface area (Å²) in [5.74, 6) is 0.913. The number of rotatable bonds is 9. The fourth-order valence-corrected chi connectivity index (χ4v) is 3.26. The van der Waals surface area contributed by atoms with Crippen LogP contribution in [0.4, 0.5) is 5.69 Å². The third-order valence-electron chi connectivity index (χ3n) is 4.03. The minimum atomic E-state index is -0.424. The van der Waals surface area contributed by atoms with E-state index in [0.717, 1.165) is 5.75 Å². The number of hydrogen-bond donors (Lipinski definition) is 1. The third kappa shape index (κ3) is 5.84. The summed E-state index contributed by atoms with van der Waals surface area (Å²) in [6.45, 7) is 2.31. The lowest BCUT2D eigenvalue weighted by Crippen LogP contribution is -2.15. The van der Waals surface area contributed by atoms with Crippen molar-refractivity contribution in [1.82, 2.24) is 14.8 Å². The normalized spacial score (nSPS) is 10.5. The van der Waals surface area contributed by atoms with Crippen molar-refractivity contribution in [1.29, 1.82) is 0 Å². The van der Waals surface area contributed by atoms with Crippen molar-refractivity contribution >= 4 is 29.3 Å². The van der Waals surface area contributed by atoms with E-state index in [1.807, 2.05) is 37.4 Å². The van der Waals surface area contributed by atoms with Gasteiger partial charge in [-0.1, -0.05) is 36.0 Å². The van der Waals surface area contributed by atoms with E-state index < -0.39 is 5.97 Å². The predicted molar refractivity (Wildman–Crippen MR) is 114 cm³/mol. The van der Waals surface area contributed by atoms with Gasteiger partial charge in [-0.05, 0) is 37.3 Å². The molecule has 0 unspecified atom stereocenters. The molecule has 1 aromatic heterocycles. The second-order valence-corrected chi connectivity index (χ2v) is 7.14. The first kappa shape index (κ1) is 21.4. The van der Waals surface area contributed by atoms with E-state index in [0.29, 0.717) is 28.8 Å².